The van der Waals surface area contributed by atoms with Gasteiger partial charge in [0, 0.05) is 6.07 Å². The molecule has 9 heteroatoms. The summed E-state index contributed by atoms with van der Waals surface area (Å²) >= 11 is 0. The molecule has 2 unspecified atom stereocenters. The van der Waals surface area contributed by atoms with Crippen molar-refractivity contribution in [3.63, 3.8) is 0 Å². The molecule has 1 amide bonds. The number of nitrogens with two attached hydrogens (primary N) is 1. The van der Waals surface area contributed by atoms with Crippen molar-refractivity contribution in [3.8, 4) is 0 Å². The molecule has 0 bridgehead atoms. The van der Waals surface area contributed by atoms with Crippen molar-refractivity contribution in [3.05, 3.63) is 52.2 Å². The summed E-state index contributed by atoms with van der Waals surface area (Å²) in [6.07, 6.45) is 6.75. The molecule has 4 N–H and O–H groups in total. The Balaban J connectivity index is 1.75. The minimum atomic E-state index is -0.919. The fraction of sp³-hybridized carbons (Fsp3) is 0.368. The number of aryl methyl sites for hydroxylation is 1. The van der Waals surface area contributed by atoms with E-state index < -0.39 is 5.66 Å². The van der Waals surface area contributed by atoms with Gasteiger partial charge in [0.15, 0.2) is 0 Å². The summed E-state index contributed by atoms with van der Waals surface area (Å²) in [6.45, 7) is 1.40. The SMILES string of the molecule is Cc1cc(Nc2cc(N)ncn2)c(=O)n2c1C(=O)NC21C=CC(CCCF)C1. The van der Waals surface area contributed by atoms with E-state index in [2.05, 4.69) is 20.6 Å². The van der Waals surface area contributed by atoms with Crippen LogP contribution in [-0.2, 0) is 5.66 Å². The van der Waals surface area contributed by atoms with Crippen LogP contribution in [0.4, 0.5) is 21.7 Å². The highest BCUT2D eigenvalue weighted by Gasteiger charge is 2.46. The standard InChI is InChI=1S/C19H21FN6O2/c1-11-7-13(24-15-8-14(21)22-10-23-15)18(28)26-16(11)17(27)25-19(26)5-4-12(9-19)3-2-6-20/h4-5,7-8,10,12H,2-3,6,9H2,1H3,(H,25,27)(H3,21,22,23,24). The number of carbonyl (C=O) groups excluding carboxylic acids is 1. The quantitative estimate of drug-likeness (QED) is 0.679. The average Bonchev–Trinajstić information content (AvgIpc) is 3.18. The largest absolute Gasteiger partial charge is 0.384 e. The number of nitrogens with one attached hydrogen (secondary N) is 2. The van der Waals surface area contributed by atoms with Gasteiger partial charge in [0.05, 0.1) is 6.67 Å². The monoisotopic (exact) mass is 384 g/mol. The topological polar surface area (TPSA) is 115 Å². The minimum absolute atomic E-state index is 0.104. The molecule has 146 valence electrons. The minimum Gasteiger partial charge on any atom is -0.384 e. The van der Waals surface area contributed by atoms with Gasteiger partial charge in [-0.3, -0.25) is 18.5 Å². The molecule has 4 rings (SSSR count). The number of hydrogen-bond donors (Lipinski definition) is 3. The van der Waals surface area contributed by atoms with Crippen molar-refractivity contribution < 1.29 is 9.18 Å². The maximum atomic E-state index is 13.3. The van der Waals surface area contributed by atoms with Crippen LogP contribution in [0.2, 0.25) is 0 Å². The van der Waals surface area contributed by atoms with Crippen LogP contribution in [0.25, 0.3) is 0 Å². The van der Waals surface area contributed by atoms with Gasteiger partial charge >= 0.3 is 0 Å². The number of pyridine rings is 1. The first-order valence-electron chi connectivity index (χ1n) is 9.13. The lowest BCUT2D eigenvalue weighted by Gasteiger charge is -2.27. The Labute approximate surface area is 160 Å². The molecule has 0 fully saturated rings. The molecule has 2 aromatic heterocycles. The van der Waals surface area contributed by atoms with E-state index in [0.29, 0.717) is 36.3 Å². The Kier molecular flexibility index (Phi) is 4.37. The van der Waals surface area contributed by atoms with Gasteiger partial charge in [0.1, 0.15) is 35.0 Å². The summed E-state index contributed by atoms with van der Waals surface area (Å²) in [5, 5.41) is 5.93. The van der Waals surface area contributed by atoms with Gasteiger partial charge in [-0.2, -0.15) is 0 Å². The van der Waals surface area contributed by atoms with Crippen LogP contribution < -0.4 is 21.9 Å². The molecule has 3 heterocycles. The number of aromatic nitrogens is 3. The lowest BCUT2D eigenvalue weighted by Crippen LogP contribution is -2.45. The summed E-state index contributed by atoms with van der Waals surface area (Å²) in [7, 11) is 0. The molecule has 0 saturated carbocycles. The van der Waals surface area contributed by atoms with Crippen LogP contribution in [-0.4, -0.2) is 27.1 Å². The third-order valence-electron chi connectivity index (χ3n) is 5.21. The van der Waals surface area contributed by atoms with E-state index in [4.69, 9.17) is 5.73 Å². The molecule has 0 aromatic carbocycles. The normalized spacial score (nSPS) is 22.5. The van der Waals surface area contributed by atoms with Crippen LogP contribution in [0.1, 0.15) is 35.3 Å². The molecule has 28 heavy (non-hydrogen) atoms. The number of halogens is 1. The Morgan fingerprint density at radius 3 is 2.96 bits per heavy atom. The van der Waals surface area contributed by atoms with Gasteiger partial charge in [-0.05, 0) is 49.8 Å². The lowest BCUT2D eigenvalue weighted by molar-refractivity contribution is 0.0933. The number of rotatable bonds is 5. The predicted molar refractivity (Wildman–Crippen MR) is 103 cm³/mol. The number of anilines is 3. The number of amides is 1. The van der Waals surface area contributed by atoms with E-state index in [1.807, 2.05) is 12.2 Å². The molecule has 8 nitrogen and oxygen atoms in total. The molecule has 1 aliphatic heterocycles. The molecular weight excluding hydrogens is 363 g/mol. The second-order valence-electron chi connectivity index (χ2n) is 7.22. The second-order valence-corrected chi connectivity index (χ2v) is 7.22. The fourth-order valence-electron chi connectivity index (χ4n) is 4.01. The van der Waals surface area contributed by atoms with Crippen molar-refractivity contribution in [1.29, 1.82) is 0 Å². The van der Waals surface area contributed by atoms with E-state index in [-0.39, 0.29) is 35.6 Å². The highest BCUT2D eigenvalue weighted by atomic mass is 19.1. The molecule has 0 saturated heterocycles. The van der Waals surface area contributed by atoms with Crippen molar-refractivity contribution in [2.45, 2.75) is 31.8 Å². The van der Waals surface area contributed by atoms with Crippen molar-refractivity contribution in [1.82, 2.24) is 19.9 Å². The number of allylic oxidation sites excluding steroid dienone is 1. The number of carbonyl (C=O) groups is 1. The van der Waals surface area contributed by atoms with E-state index in [1.54, 1.807) is 13.0 Å². The number of hydrogen-bond acceptors (Lipinski definition) is 6. The van der Waals surface area contributed by atoms with Gasteiger partial charge in [0.25, 0.3) is 11.5 Å². The highest BCUT2D eigenvalue weighted by Crippen LogP contribution is 2.38. The third kappa shape index (κ3) is 2.92. The maximum Gasteiger partial charge on any atom is 0.277 e. The maximum absolute atomic E-state index is 13.3. The Bertz CT molecular complexity index is 1030. The van der Waals surface area contributed by atoms with E-state index in [0.717, 1.165) is 0 Å². The zero-order valence-electron chi connectivity index (χ0n) is 15.4. The number of nitrogen functional groups attached to an aromatic ring is 1. The molecule has 0 radical (unpaired) electrons. The molecular formula is C19H21FN6O2. The zero-order valence-corrected chi connectivity index (χ0v) is 15.4. The third-order valence-corrected chi connectivity index (χ3v) is 5.21. The average molecular weight is 384 g/mol. The van der Waals surface area contributed by atoms with Gasteiger partial charge in [-0.1, -0.05) is 6.08 Å². The van der Waals surface area contributed by atoms with Gasteiger partial charge in [-0.15, -0.1) is 0 Å². The predicted octanol–water partition coefficient (Wildman–Crippen LogP) is 1.99. The molecule has 2 aliphatic rings. The molecule has 2 aromatic rings. The van der Waals surface area contributed by atoms with E-state index in [9.17, 15) is 14.0 Å². The molecule has 1 spiro atoms. The van der Waals surface area contributed by atoms with E-state index in [1.165, 1.54) is 17.0 Å². The number of alkyl halides is 1. The van der Waals surface area contributed by atoms with Gasteiger partial charge in [0.2, 0.25) is 0 Å². The lowest BCUT2D eigenvalue weighted by atomic mass is 9.99. The molecule has 1 aliphatic carbocycles. The first-order chi connectivity index (χ1) is 13.4. The first-order valence-corrected chi connectivity index (χ1v) is 9.13. The Morgan fingerprint density at radius 1 is 1.39 bits per heavy atom. The van der Waals surface area contributed by atoms with Gasteiger partial charge < -0.3 is 16.4 Å². The highest BCUT2D eigenvalue weighted by molar-refractivity contribution is 5.97. The van der Waals surface area contributed by atoms with Gasteiger partial charge in [-0.25, -0.2) is 9.97 Å². The Morgan fingerprint density at radius 2 is 2.21 bits per heavy atom. The van der Waals surface area contributed by atoms with Crippen molar-refractivity contribution in [2.24, 2.45) is 5.92 Å². The summed E-state index contributed by atoms with van der Waals surface area (Å²) in [5.41, 5.74) is 5.71. The first kappa shape index (κ1) is 18.1. The molecule has 2 atom stereocenters. The second kappa shape index (κ2) is 6.74. The smallest absolute Gasteiger partial charge is 0.277 e. The van der Waals surface area contributed by atoms with E-state index >= 15 is 0 Å². The summed E-state index contributed by atoms with van der Waals surface area (Å²) in [6, 6.07) is 3.15. The van der Waals surface area contributed by atoms with Crippen LogP contribution in [0, 0.1) is 12.8 Å². The fourth-order valence-corrected chi connectivity index (χ4v) is 4.01. The van der Waals surface area contributed by atoms with Crippen molar-refractivity contribution in [2.75, 3.05) is 17.7 Å². The Hall–Kier alpha value is -3.23. The van der Waals surface area contributed by atoms with Crippen molar-refractivity contribution >= 4 is 23.2 Å². The van der Waals surface area contributed by atoms with Crippen LogP contribution in [0.15, 0.2) is 35.4 Å². The van der Waals surface area contributed by atoms with Crippen LogP contribution >= 0.6 is 0 Å². The number of fused-ring (bicyclic) bond motifs is 2. The summed E-state index contributed by atoms with van der Waals surface area (Å²) in [4.78, 5) is 33.8. The summed E-state index contributed by atoms with van der Waals surface area (Å²) < 4.78 is 14.0. The van der Waals surface area contributed by atoms with Crippen LogP contribution in [0.5, 0.6) is 0 Å². The zero-order chi connectivity index (χ0) is 19.9. The summed E-state index contributed by atoms with van der Waals surface area (Å²) in [5.74, 6) is 0.479. The number of nitrogens with zero attached hydrogens (tertiary/aromatic N) is 3. The van der Waals surface area contributed by atoms with Crippen LogP contribution in [0.3, 0.4) is 0 Å².